The number of hydrogen-bond donors (Lipinski definition) is 1. The zero-order valence-electron chi connectivity index (χ0n) is 5.46. The molecule has 0 amide bonds. The molecule has 3 nitrogen and oxygen atoms in total. The van der Waals surface area contributed by atoms with Crippen LogP contribution in [0.1, 0.15) is 0 Å². The number of allylic oxidation sites excluding steroid dienone is 1. The Bertz CT molecular complexity index is 242. The first-order chi connectivity index (χ1) is 4.52. The van der Waals surface area contributed by atoms with Crippen molar-refractivity contribution in [2.24, 2.45) is 0 Å². The number of nitrogens with one attached hydrogen (secondary N) is 1. The summed E-state index contributed by atoms with van der Waals surface area (Å²) >= 11 is 0. The standard InChI is InChI=1S/C5H8ClNO2S/c1-3-5(4-7-2)10(6,8)9/h3-4,7H,1H2,2H3/b5-4+. The van der Waals surface area contributed by atoms with Crippen LogP contribution in [0.5, 0.6) is 0 Å². The average Bonchev–Trinajstić information content (AvgIpc) is 1.80. The van der Waals surface area contributed by atoms with Crippen molar-refractivity contribution in [2.45, 2.75) is 0 Å². The van der Waals surface area contributed by atoms with Gasteiger partial charge in [0.05, 0.1) is 4.91 Å². The van der Waals surface area contributed by atoms with Crippen LogP contribution in [0.2, 0.25) is 0 Å². The van der Waals surface area contributed by atoms with Crippen LogP contribution in [0, 0.1) is 0 Å². The van der Waals surface area contributed by atoms with Crippen molar-refractivity contribution in [3.63, 3.8) is 0 Å². The van der Waals surface area contributed by atoms with Crippen LogP contribution in [0.25, 0.3) is 0 Å². The Morgan fingerprint density at radius 2 is 2.20 bits per heavy atom. The Kier molecular flexibility index (Phi) is 3.46. The van der Waals surface area contributed by atoms with Crippen LogP contribution < -0.4 is 5.32 Å². The van der Waals surface area contributed by atoms with Crippen molar-refractivity contribution >= 4 is 19.7 Å². The molecule has 1 N–H and O–H groups in total. The smallest absolute Gasteiger partial charge is 0.262 e. The molecule has 0 aliphatic heterocycles. The van der Waals surface area contributed by atoms with Gasteiger partial charge >= 0.3 is 0 Å². The van der Waals surface area contributed by atoms with E-state index in [-0.39, 0.29) is 4.91 Å². The molecular formula is C5H8ClNO2S. The second kappa shape index (κ2) is 3.63. The first-order valence-corrected chi connectivity index (χ1v) is 4.78. The monoisotopic (exact) mass is 181 g/mol. The van der Waals surface area contributed by atoms with E-state index in [1.54, 1.807) is 7.05 Å². The number of hydrogen-bond acceptors (Lipinski definition) is 3. The summed E-state index contributed by atoms with van der Waals surface area (Å²) in [6.45, 7) is 3.27. The molecule has 0 bridgehead atoms. The highest BCUT2D eigenvalue weighted by molar-refractivity contribution is 8.17. The number of halogens is 1. The first-order valence-electron chi connectivity index (χ1n) is 2.47. The van der Waals surface area contributed by atoms with Gasteiger partial charge in [-0.1, -0.05) is 6.58 Å². The Morgan fingerprint density at radius 1 is 1.70 bits per heavy atom. The lowest BCUT2D eigenvalue weighted by Crippen LogP contribution is -1.99. The largest absolute Gasteiger partial charge is 0.393 e. The Morgan fingerprint density at radius 3 is 2.30 bits per heavy atom. The predicted molar refractivity (Wildman–Crippen MR) is 42.1 cm³/mol. The van der Waals surface area contributed by atoms with Gasteiger partial charge in [0, 0.05) is 23.9 Å². The highest BCUT2D eigenvalue weighted by Gasteiger charge is 2.08. The third-order valence-electron chi connectivity index (χ3n) is 0.769. The summed E-state index contributed by atoms with van der Waals surface area (Å²) in [6, 6.07) is 0. The topological polar surface area (TPSA) is 46.2 Å². The summed E-state index contributed by atoms with van der Waals surface area (Å²) in [6.07, 6.45) is 2.42. The normalized spacial score (nSPS) is 12.8. The molecule has 0 aromatic rings. The summed E-state index contributed by atoms with van der Waals surface area (Å²) in [5.41, 5.74) is 0. The van der Waals surface area contributed by atoms with Gasteiger partial charge in [-0.15, -0.1) is 0 Å². The van der Waals surface area contributed by atoms with E-state index in [4.69, 9.17) is 10.7 Å². The summed E-state index contributed by atoms with van der Waals surface area (Å²) in [5, 5.41) is 2.53. The minimum absolute atomic E-state index is 0.0309. The molecule has 0 aromatic heterocycles. The van der Waals surface area contributed by atoms with Crippen LogP contribution in [0.15, 0.2) is 23.8 Å². The molecule has 0 saturated carbocycles. The molecule has 0 spiro atoms. The summed E-state index contributed by atoms with van der Waals surface area (Å²) < 4.78 is 21.1. The molecule has 0 radical (unpaired) electrons. The molecule has 0 atom stereocenters. The summed E-state index contributed by atoms with van der Waals surface area (Å²) in [4.78, 5) is -0.0309. The molecule has 0 heterocycles. The van der Waals surface area contributed by atoms with Gasteiger partial charge in [0.2, 0.25) is 0 Å². The van der Waals surface area contributed by atoms with Crippen molar-refractivity contribution in [3.05, 3.63) is 23.8 Å². The van der Waals surface area contributed by atoms with E-state index in [1.807, 2.05) is 0 Å². The molecule has 0 fully saturated rings. The van der Waals surface area contributed by atoms with Gasteiger partial charge in [-0.05, 0) is 6.08 Å². The molecule has 58 valence electrons. The van der Waals surface area contributed by atoms with E-state index < -0.39 is 9.05 Å². The fourth-order valence-electron chi connectivity index (χ4n) is 0.371. The predicted octanol–water partition coefficient (Wildman–Crippen LogP) is 0.802. The molecule has 10 heavy (non-hydrogen) atoms. The Hall–Kier alpha value is -0.480. The second-order valence-corrected chi connectivity index (χ2v) is 4.04. The van der Waals surface area contributed by atoms with Gasteiger partial charge in [-0.3, -0.25) is 0 Å². The van der Waals surface area contributed by atoms with Gasteiger partial charge in [0.25, 0.3) is 9.05 Å². The van der Waals surface area contributed by atoms with Crippen LogP contribution in [-0.2, 0) is 9.05 Å². The molecule has 0 rings (SSSR count). The van der Waals surface area contributed by atoms with Gasteiger partial charge in [0.1, 0.15) is 0 Å². The maximum absolute atomic E-state index is 10.5. The quantitative estimate of drug-likeness (QED) is 0.518. The zero-order valence-corrected chi connectivity index (χ0v) is 7.04. The molecule has 0 aliphatic rings. The minimum atomic E-state index is -3.62. The van der Waals surface area contributed by atoms with Gasteiger partial charge in [0.15, 0.2) is 0 Å². The Labute approximate surface area is 64.8 Å². The lowest BCUT2D eigenvalue weighted by atomic mass is 10.6. The van der Waals surface area contributed by atoms with Crippen molar-refractivity contribution in [2.75, 3.05) is 7.05 Å². The van der Waals surface area contributed by atoms with Crippen LogP contribution in [-0.4, -0.2) is 15.5 Å². The lowest BCUT2D eigenvalue weighted by molar-refractivity contribution is 0.615. The van der Waals surface area contributed by atoms with Crippen LogP contribution >= 0.6 is 10.7 Å². The first kappa shape index (κ1) is 9.52. The van der Waals surface area contributed by atoms with Crippen molar-refractivity contribution in [1.29, 1.82) is 0 Å². The van der Waals surface area contributed by atoms with Crippen molar-refractivity contribution < 1.29 is 8.42 Å². The highest BCUT2D eigenvalue weighted by Crippen LogP contribution is 2.10. The van der Waals surface area contributed by atoms with Crippen LogP contribution in [0.4, 0.5) is 0 Å². The van der Waals surface area contributed by atoms with E-state index in [9.17, 15) is 8.42 Å². The molecule has 0 aliphatic carbocycles. The van der Waals surface area contributed by atoms with Gasteiger partial charge in [-0.2, -0.15) is 0 Å². The SMILES string of the molecule is C=C/C(=C\NC)S(=O)(=O)Cl. The molecule has 0 aromatic carbocycles. The van der Waals surface area contributed by atoms with E-state index in [2.05, 4.69) is 11.9 Å². The fourth-order valence-corrected chi connectivity index (χ4v) is 1.15. The van der Waals surface area contributed by atoms with Gasteiger partial charge in [-0.25, -0.2) is 8.42 Å². The van der Waals surface area contributed by atoms with E-state index >= 15 is 0 Å². The fraction of sp³-hybridized carbons (Fsp3) is 0.200. The van der Waals surface area contributed by atoms with Gasteiger partial charge < -0.3 is 5.32 Å². The summed E-state index contributed by atoms with van der Waals surface area (Å²) in [5.74, 6) is 0. The van der Waals surface area contributed by atoms with Crippen molar-refractivity contribution in [1.82, 2.24) is 5.32 Å². The minimum Gasteiger partial charge on any atom is -0.393 e. The molecular weight excluding hydrogens is 174 g/mol. The molecule has 5 heteroatoms. The van der Waals surface area contributed by atoms with E-state index in [0.29, 0.717) is 0 Å². The number of rotatable bonds is 3. The van der Waals surface area contributed by atoms with Crippen molar-refractivity contribution in [3.8, 4) is 0 Å². The Balaban J connectivity index is 4.71. The molecule has 0 unspecified atom stereocenters. The highest BCUT2D eigenvalue weighted by atomic mass is 35.7. The zero-order chi connectivity index (χ0) is 8.20. The lowest BCUT2D eigenvalue weighted by Gasteiger charge is -1.93. The molecule has 0 saturated heterocycles. The van der Waals surface area contributed by atoms with E-state index in [0.717, 1.165) is 0 Å². The third kappa shape index (κ3) is 2.89. The maximum atomic E-state index is 10.5. The summed E-state index contributed by atoms with van der Waals surface area (Å²) in [7, 11) is 2.92. The average molecular weight is 182 g/mol. The van der Waals surface area contributed by atoms with Crippen LogP contribution in [0.3, 0.4) is 0 Å². The van der Waals surface area contributed by atoms with E-state index in [1.165, 1.54) is 12.3 Å². The maximum Gasteiger partial charge on any atom is 0.262 e. The second-order valence-electron chi connectivity index (χ2n) is 1.48. The third-order valence-corrected chi connectivity index (χ3v) is 2.15.